The molecule has 3 atom stereocenters. The fraction of sp³-hybridized carbons (Fsp3) is 0.357. The van der Waals surface area contributed by atoms with Gasteiger partial charge >= 0.3 is 0 Å². The molecule has 2 N–H and O–H groups in total. The number of rotatable bonds is 9. The van der Waals surface area contributed by atoms with Crippen LogP contribution in [-0.2, 0) is 16.6 Å². The minimum Gasteiger partial charge on any atom is -0.486 e. The first kappa shape index (κ1) is 28.5. The van der Waals surface area contributed by atoms with Crippen LogP contribution in [0, 0.1) is 11.7 Å². The Balaban J connectivity index is 1.71. The van der Waals surface area contributed by atoms with Gasteiger partial charge in [0.1, 0.15) is 11.9 Å². The number of nitrogens with zero attached hydrogens (tertiary/aromatic N) is 3. The van der Waals surface area contributed by atoms with Gasteiger partial charge in [-0.05, 0) is 68.1 Å². The summed E-state index contributed by atoms with van der Waals surface area (Å²) in [4.78, 5) is 21.2. The van der Waals surface area contributed by atoms with Crippen LogP contribution in [0.2, 0.25) is 0 Å². The predicted molar refractivity (Wildman–Crippen MR) is 145 cm³/mol. The number of carbonyl (C=O) groups is 1. The molecule has 208 valence electrons. The summed E-state index contributed by atoms with van der Waals surface area (Å²) in [5.74, 6) is -0.974. The molecule has 3 aromatic rings. The molecular weight excluding hydrogens is 523 g/mol. The number of aliphatic hydroxyl groups excluding tert-OH is 1. The number of hydrogen-bond donors (Lipinski definition) is 2. The Hall–Kier alpha value is -3.54. The molecule has 9 nitrogen and oxygen atoms in total. The molecule has 1 aliphatic rings. The number of anilines is 1. The molecule has 0 aliphatic carbocycles. The number of aliphatic hydroxyl groups is 1. The van der Waals surface area contributed by atoms with Crippen molar-refractivity contribution in [3.63, 3.8) is 0 Å². The lowest BCUT2D eigenvalue weighted by molar-refractivity contribution is 0.0344. The average molecular weight is 557 g/mol. The van der Waals surface area contributed by atoms with E-state index in [9.17, 15) is 22.7 Å². The first-order chi connectivity index (χ1) is 18.6. The average Bonchev–Trinajstić information content (AvgIpc) is 2.91. The minimum atomic E-state index is -4.11. The Morgan fingerprint density at radius 3 is 2.54 bits per heavy atom. The number of nitrogens with one attached hydrogen (secondary N) is 1. The molecule has 0 saturated carbocycles. The molecule has 2 aromatic carbocycles. The van der Waals surface area contributed by atoms with Gasteiger partial charge in [0.2, 0.25) is 0 Å². The third-order valence-electron chi connectivity index (χ3n) is 6.75. The van der Waals surface area contributed by atoms with Gasteiger partial charge in [-0.3, -0.25) is 19.4 Å². The molecule has 0 unspecified atom stereocenters. The van der Waals surface area contributed by atoms with Crippen LogP contribution in [0.15, 0.2) is 71.9 Å². The Labute approximate surface area is 228 Å². The van der Waals surface area contributed by atoms with Crippen molar-refractivity contribution in [2.24, 2.45) is 5.92 Å². The van der Waals surface area contributed by atoms with Crippen LogP contribution >= 0.6 is 0 Å². The number of para-hydroxylation sites is 1. The molecule has 0 radical (unpaired) electrons. The zero-order valence-corrected chi connectivity index (χ0v) is 22.9. The van der Waals surface area contributed by atoms with Crippen LogP contribution < -0.4 is 9.46 Å². The Kier molecular flexibility index (Phi) is 8.83. The monoisotopic (exact) mass is 556 g/mol. The summed E-state index contributed by atoms with van der Waals surface area (Å²) < 4.78 is 48.7. The van der Waals surface area contributed by atoms with Gasteiger partial charge in [-0.2, -0.15) is 0 Å². The number of ether oxygens (including phenoxy) is 1. The third kappa shape index (κ3) is 6.73. The lowest BCUT2D eigenvalue weighted by Crippen LogP contribution is -2.49. The highest BCUT2D eigenvalue weighted by atomic mass is 32.2. The van der Waals surface area contributed by atoms with E-state index in [-0.39, 0.29) is 40.3 Å². The molecule has 0 fully saturated rings. The van der Waals surface area contributed by atoms with Gasteiger partial charge in [0, 0.05) is 37.9 Å². The van der Waals surface area contributed by atoms with Crippen LogP contribution in [0.3, 0.4) is 0 Å². The van der Waals surface area contributed by atoms with Gasteiger partial charge in [-0.15, -0.1) is 0 Å². The molecule has 4 rings (SSSR count). The van der Waals surface area contributed by atoms with Gasteiger partial charge in [-0.25, -0.2) is 12.8 Å². The SMILES string of the molecule is C[C@H](CO)N1C[C@H](C)[C@H](CN(C)Cc2ccncc2)Oc2c(NS(=O)(=O)c3ccc(F)cc3)cccc2C1=O. The van der Waals surface area contributed by atoms with Crippen molar-refractivity contribution in [3.05, 3.63) is 83.9 Å². The van der Waals surface area contributed by atoms with Crippen molar-refractivity contribution in [2.45, 2.75) is 37.4 Å². The predicted octanol–water partition coefficient (Wildman–Crippen LogP) is 3.37. The van der Waals surface area contributed by atoms with Gasteiger partial charge < -0.3 is 14.7 Å². The Morgan fingerprint density at radius 2 is 1.87 bits per heavy atom. The molecule has 0 spiro atoms. The molecule has 0 bridgehead atoms. The molecule has 39 heavy (non-hydrogen) atoms. The lowest BCUT2D eigenvalue weighted by atomic mass is 9.99. The number of carbonyl (C=O) groups excluding carboxylic acids is 1. The molecule has 1 aliphatic heterocycles. The van der Waals surface area contributed by atoms with Crippen molar-refractivity contribution in [3.8, 4) is 5.75 Å². The summed E-state index contributed by atoms with van der Waals surface area (Å²) in [6.07, 6.45) is 3.04. The van der Waals surface area contributed by atoms with Gasteiger partial charge in [-0.1, -0.05) is 13.0 Å². The van der Waals surface area contributed by atoms with E-state index in [1.807, 2.05) is 26.1 Å². The van der Waals surface area contributed by atoms with E-state index in [0.29, 0.717) is 19.6 Å². The van der Waals surface area contributed by atoms with E-state index in [4.69, 9.17) is 4.74 Å². The molecule has 11 heteroatoms. The maximum absolute atomic E-state index is 13.6. The minimum absolute atomic E-state index is 0.0951. The number of pyridine rings is 1. The number of halogens is 1. The highest BCUT2D eigenvalue weighted by Gasteiger charge is 2.35. The molecular formula is C28H33FN4O5S. The molecule has 1 aromatic heterocycles. The molecule has 1 amide bonds. The smallest absolute Gasteiger partial charge is 0.262 e. The van der Waals surface area contributed by atoms with E-state index in [1.165, 1.54) is 18.2 Å². The fourth-order valence-electron chi connectivity index (χ4n) is 4.53. The number of likely N-dealkylation sites (N-methyl/N-ethyl adjacent to an activating group) is 1. The van der Waals surface area contributed by atoms with E-state index >= 15 is 0 Å². The van der Waals surface area contributed by atoms with Crippen LogP contribution in [0.1, 0.15) is 29.8 Å². The zero-order chi connectivity index (χ0) is 28.2. The van der Waals surface area contributed by atoms with Crippen molar-refractivity contribution in [1.29, 1.82) is 0 Å². The van der Waals surface area contributed by atoms with Gasteiger partial charge in [0.25, 0.3) is 15.9 Å². The highest BCUT2D eigenvalue weighted by Crippen LogP contribution is 2.36. The van der Waals surface area contributed by atoms with Crippen molar-refractivity contribution in [1.82, 2.24) is 14.8 Å². The quantitative estimate of drug-likeness (QED) is 0.416. The van der Waals surface area contributed by atoms with E-state index in [2.05, 4.69) is 14.6 Å². The summed E-state index contributed by atoms with van der Waals surface area (Å²) in [5.41, 5.74) is 1.35. The first-order valence-electron chi connectivity index (χ1n) is 12.7. The number of amides is 1. The van der Waals surface area contributed by atoms with Crippen molar-refractivity contribution in [2.75, 3.05) is 31.5 Å². The Bertz CT molecular complexity index is 1390. The summed E-state index contributed by atoms with van der Waals surface area (Å²) in [6, 6.07) is 12.5. The third-order valence-corrected chi connectivity index (χ3v) is 8.13. The second-order valence-electron chi connectivity index (χ2n) is 9.92. The summed E-state index contributed by atoms with van der Waals surface area (Å²) >= 11 is 0. The number of sulfonamides is 1. The summed E-state index contributed by atoms with van der Waals surface area (Å²) in [7, 11) is -2.15. The van der Waals surface area contributed by atoms with Crippen molar-refractivity contribution >= 4 is 21.6 Å². The normalized spacial score (nSPS) is 18.6. The maximum Gasteiger partial charge on any atom is 0.262 e. The highest BCUT2D eigenvalue weighted by molar-refractivity contribution is 7.92. The summed E-state index contributed by atoms with van der Waals surface area (Å²) in [5, 5.41) is 9.87. The second kappa shape index (κ2) is 12.1. The number of benzene rings is 2. The number of aromatic nitrogens is 1. The van der Waals surface area contributed by atoms with Crippen LogP contribution in [-0.4, -0.2) is 73.1 Å². The maximum atomic E-state index is 13.6. The second-order valence-corrected chi connectivity index (χ2v) is 11.6. The largest absolute Gasteiger partial charge is 0.486 e. The molecule has 0 saturated heterocycles. The topological polar surface area (TPSA) is 112 Å². The zero-order valence-electron chi connectivity index (χ0n) is 22.1. The summed E-state index contributed by atoms with van der Waals surface area (Å²) in [6.45, 7) is 4.97. The molecule has 2 heterocycles. The number of fused-ring (bicyclic) bond motifs is 1. The number of hydrogen-bond acceptors (Lipinski definition) is 7. The van der Waals surface area contributed by atoms with Gasteiger partial charge in [0.05, 0.1) is 28.8 Å². The van der Waals surface area contributed by atoms with Gasteiger partial charge in [0.15, 0.2) is 5.75 Å². The van der Waals surface area contributed by atoms with Crippen LogP contribution in [0.4, 0.5) is 10.1 Å². The first-order valence-corrected chi connectivity index (χ1v) is 14.1. The van der Waals surface area contributed by atoms with E-state index < -0.39 is 28.0 Å². The van der Waals surface area contributed by atoms with E-state index in [1.54, 1.807) is 36.4 Å². The fourth-order valence-corrected chi connectivity index (χ4v) is 5.59. The van der Waals surface area contributed by atoms with Crippen molar-refractivity contribution < 1.29 is 27.4 Å². The lowest BCUT2D eigenvalue weighted by Gasteiger charge is -2.38. The standard InChI is InChI=1S/C28H33FN4O5S/c1-19-15-33(20(2)18-34)28(35)24-5-4-6-25(31-39(36,37)23-9-7-22(29)8-10-23)27(24)38-26(19)17-32(3)16-21-11-13-30-14-12-21/h4-14,19-20,26,31,34H,15-18H2,1-3H3/t19-,20+,26-/m0/s1. The Morgan fingerprint density at radius 1 is 1.18 bits per heavy atom. The van der Waals surface area contributed by atoms with Crippen LogP contribution in [0.25, 0.3) is 0 Å². The van der Waals surface area contributed by atoms with Crippen LogP contribution in [0.5, 0.6) is 5.75 Å². The van der Waals surface area contributed by atoms with E-state index in [0.717, 1.165) is 17.7 Å².